The first kappa shape index (κ1) is 14.8. The number of benzene rings is 2. The van der Waals surface area contributed by atoms with E-state index in [1.165, 1.54) is 11.1 Å². The molecule has 3 N–H and O–H groups in total. The predicted molar refractivity (Wildman–Crippen MR) is 89.7 cm³/mol. The van der Waals surface area contributed by atoms with Crippen molar-refractivity contribution in [2.24, 2.45) is 5.73 Å². The van der Waals surface area contributed by atoms with Crippen molar-refractivity contribution >= 4 is 11.6 Å². The lowest BCUT2D eigenvalue weighted by atomic mass is 10.0. The molecular weight excluding hydrogens is 272 g/mol. The average Bonchev–Trinajstić information content (AvgIpc) is 3.28. The fraction of sp³-hybridized carbons (Fsp3) is 0.316. The lowest BCUT2D eigenvalue weighted by molar-refractivity contribution is -0.118. The fourth-order valence-electron chi connectivity index (χ4n) is 2.56. The van der Waals surface area contributed by atoms with Gasteiger partial charge in [-0.2, -0.15) is 0 Å². The summed E-state index contributed by atoms with van der Waals surface area (Å²) in [5.41, 5.74) is 8.75. The molecule has 0 spiro atoms. The van der Waals surface area contributed by atoms with Gasteiger partial charge in [0.1, 0.15) is 0 Å². The number of nitrogens with two attached hydrogens (primary N) is 1. The van der Waals surface area contributed by atoms with Gasteiger partial charge < -0.3 is 11.1 Å². The van der Waals surface area contributed by atoms with Gasteiger partial charge in [-0.1, -0.05) is 42.5 Å². The Morgan fingerprint density at radius 2 is 1.68 bits per heavy atom. The van der Waals surface area contributed by atoms with Crippen molar-refractivity contribution in [3.8, 4) is 0 Å². The Kier molecular flexibility index (Phi) is 4.25. The Morgan fingerprint density at radius 3 is 2.41 bits per heavy atom. The third-order valence-electron chi connectivity index (χ3n) is 4.20. The van der Waals surface area contributed by atoms with Crippen LogP contribution in [0.4, 0.5) is 5.69 Å². The predicted octanol–water partition coefficient (Wildman–Crippen LogP) is 3.29. The number of nitrogens with one attached hydrogen (secondary N) is 1. The smallest absolute Gasteiger partial charge is 0.244 e. The van der Waals surface area contributed by atoms with E-state index >= 15 is 0 Å². The molecule has 0 aromatic heterocycles. The van der Waals surface area contributed by atoms with Crippen LogP contribution < -0.4 is 11.1 Å². The first-order chi connectivity index (χ1) is 10.7. The maximum absolute atomic E-state index is 12.0. The zero-order valence-electron chi connectivity index (χ0n) is 12.7. The molecule has 0 bridgehead atoms. The van der Waals surface area contributed by atoms with E-state index in [1.807, 2.05) is 18.2 Å². The van der Waals surface area contributed by atoms with Gasteiger partial charge in [0.25, 0.3) is 0 Å². The highest BCUT2D eigenvalue weighted by atomic mass is 16.2. The Hall–Kier alpha value is -2.13. The molecule has 0 unspecified atom stereocenters. The molecule has 1 saturated carbocycles. The van der Waals surface area contributed by atoms with Crippen LogP contribution in [0.25, 0.3) is 0 Å². The molecule has 0 heterocycles. The van der Waals surface area contributed by atoms with Crippen molar-refractivity contribution in [1.82, 2.24) is 0 Å². The topological polar surface area (TPSA) is 55.1 Å². The molecule has 1 aliphatic carbocycles. The van der Waals surface area contributed by atoms with Crippen LogP contribution in [0.15, 0.2) is 54.6 Å². The third kappa shape index (κ3) is 3.74. The van der Waals surface area contributed by atoms with E-state index in [2.05, 4.69) is 41.7 Å². The lowest BCUT2D eigenvalue weighted by Crippen LogP contribution is -2.37. The molecule has 1 amide bonds. The molecule has 1 aliphatic rings. The molecule has 0 saturated heterocycles. The fourth-order valence-corrected chi connectivity index (χ4v) is 2.56. The van der Waals surface area contributed by atoms with Crippen LogP contribution in [0.2, 0.25) is 0 Å². The van der Waals surface area contributed by atoms with Crippen molar-refractivity contribution in [2.75, 3.05) is 5.32 Å². The minimum absolute atomic E-state index is 0.0612. The van der Waals surface area contributed by atoms with Crippen LogP contribution in [0.3, 0.4) is 0 Å². The molecule has 3 rings (SSSR count). The highest BCUT2D eigenvalue weighted by Gasteiger charge is 2.45. The van der Waals surface area contributed by atoms with E-state index < -0.39 is 5.54 Å². The number of carbonyl (C=O) groups is 1. The largest absolute Gasteiger partial charge is 0.324 e. The second-order valence-electron chi connectivity index (χ2n) is 6.15. The van der Waals surface area contributed by atoms with E-state index in [1.54, 1.807) is 0 Å². The maximum atomic E-state index is 12.0. The Bertz CT molecular complexity index is 647. The molecule has 22 heavy (non-hydrogen) atoms. The number of hydrogen-bond acceptors (Lipinski definition) is 2. The molecule has 3 nitrogen and oxygen atoms in total. The van der Waals surface area contributed by atoms with Crippen molar-refractivity contribution in [1.29, 1.82) is 0 Å². The molecular formula is C19H22N2O. The van der Waals surface area contributed by atoms with Crippen LogP contribution in [0.1, 0.15) is 30.4 Å². The van der Waals surface area contributed by atoms with Crippen LogP contribution in [-0.2, 0) is 17.6 Å². The Labute approximate surface area is 131 Å². The van der Waals surface area contributed by atoms with E-state index in [4.69, 9.17) is 5.73 Å². The van der Waals surface area contributed by atoms with Gasteiger partial charge in [-0.3, -0.25) is 4.79 Å². The van der Waals surface area contributed by atoms with E-state index in [9.17, 15) is 4.79 Å². The third-order valence-corrected chi connectivity index (χ3v) is 4.20. The number of hydrogen-bond donors (Lipinski definition) is 2. The van der Waals surface area contributed by atoms with E-state index in [-0.39, 0.29) is 5.91 Å². The quantitative estimate of drug-likeness (QED) is 0.859. The van der Waals surface area contributed by atoms with Crippen LogP contribution >= 0.6 is 0 Å². The first-order valence-corrected chi connectivity index (χ1v) is 7.89. The van der Waals surface area contributed by atoms with Gasteiger partial charge in [0, 0.05) is 5.69 Å². The summed E-state index contributed by atoms with van der Waals surface area (Å²) in [5, 5.41) is 2.93. The Morgan fingerprint density at radius 1 is 1.00 bits per heavy atom. The zero-order valence-corrected chi connectivity index (χ0v) is 12.7. The van der Waals surface area contributed by atoms with Crippen LogP contribution in [0, 0.1) is 0 Å². The normalized spacial score (nSPS) is 15.3. The first-order valence-electron chi connectivity index (χ1n) is 7.89. The minimum Gasteiger partial charge on any atom is -0.324 e. The van der Waals surface area contributed by atoms with Gasteiger partial charge >= 0.3 is 0 Å². The summed E-state index contributed by atoms with van der Waals surface area (Å²) in [6.07, 6.45) is 4.75. The summed E-state index contributed by atoms with van der Waals surface area (Å²) >= 11 is 0. The van der Waals surface area contributed by atoms with Gasteiger partial charge in [0.2, 0.25) is 5.91 Å². The highest BCUT2D eigenvalue weighted by Crippen LogP contribution is 2.33. The number of rotatable bonds is 6. The highest BCUT2D eigenvalue weighted by molar-refractivity contribution is 6.00. The summed E-state index contributed by atoms with van der Waals surface area (Å²) in [6, 6.07) is 18.6. The average molecular weight is 294 g/mol. The number of carbonyl (C=O) groups excluding carboxylic acids is 1. The molecule has 2 aromatic carbocycles. The molecule has 0 atom stereocenters. The second-order valence-corrected chi connectivity index (χ2v) is 6.15. The minimum atomic E-state index is -0.622. The summed E-state index contributed by atoms with van der Waals surface area (Å²) in [7, 11) is 0. The van der Waals surface area contributed by atoms with Gasteiger partial charge in [-0.05, 0) is 55.4 Å². The molecule has 0 radical (unpaired) electrons. The van der Waals surface area contributed by atoms with E-state index in [0.29, 0.717) is 0 Å². The molecule has 3 heteroatoms. The standard InChI is InChI=1S/C19H22N2O/c20-19(12-13-19)18(22)21-17-11-5-10-16(14-17)9-4-8-15-6-2-1-3-7-15/h1-3,5-7,10-11,14H,4,8-9,12-13,20H2,(H,21,22). The van der Waals surface area contributed by atoms with E-state index in [0.717, 1.165) is 37.8 Å². The Balaban J connectivity index is 1.53. The van der Waals surface area contributed by atoms with Crippen molar-refractivity contribution in [3.05, 3.63) is 65.7 Å². The van der Waals surface area contributed by atoms with Crippen LogP contribution in [0.5, 0.6) is 0 Å². The van der Waals surface area contributed by atoms with Crippen molar-refractivity contribution in [3.63, 3.8) is 0 Å². The van der Waals surface area contributed by atoms with Gasteiger partial charge in [-0.15, -0.1) is 0 Å². The summed E-state index contributed by atoms with van der Waals surface area (Å²) in [6.45, 7) is 0. The maximum Gasteiger partial charge on any atom is 0.244 e. The zero-order chi connectivity index (χ0) is 15.4. The summed E-state index contributed by atoms with van der Waals surface area (Å²) in [4.78, 5) is 12.0. The van der Waals surface area contributed by atoms with Crippen molar-refractivity contribution in [2.45, 2.75) is 37.6 Å². The number of aryl methyl sites for hydroxylation is 2. The molecule has 1 fully saturated rings. The lowest BCUT2D eigenvalue weighted by Gasteiger charge is -2.11. The molecule has 114 valence electrons. The summed E-state index contributed by atoms with van der Waals surface area (Å²) in [5.74, 6) is -0.0612. The van der Waals surface area contributed by atoms with Crippen molar-refractivity contribution < 1.29 is 4.79 Å². The monoisotopic (exact) mass is 294 g/mol. The second kappa shape index (κ2) is 6.32. The van der Waals surface area contributed by atoms with Gasteiger partial charge in [-0.25, -0.2) is 0 Å². The molecule has 2 aromatic rings. The number of amides is 1. The molecule has 0 aliphatic heterocycles. The SMILES string of the molecule is NC1(C(=O)Nc2cccc(CCCc3ccccc3)c2)CC1. The van der Waals surface area contributed by atoms with Crippen LogP contribution in [-0.4, -0.2) is 11.4 Å². The summed E-state index contributed by atoms with van der Waals surface area (Å²) < 4.78 is 0. The van der Waals surface area contributed by atoms with Gasteiger partial charge in [0.05, 0.1) is 5.54 Å². The number of anilines is 1. The van der Waals surface area contributed by atoms with Gasteiger partial charge in [0.15, 0.2) is 0 Å².